The zero-order valence-electron chi connectivity index (χ0n) is 7.27. The third kappa shape index (κ3) is 2.95. The summed E-state index contributed by atoms with van der Waals surface area (Å²) in [6.07, 6.45) is 10.8. The molecule has 0 spiro atoms. The zero-order valence-corrected chi connectivity index (χ0v) is 7.27. The van der Waals surface area contributed by atoms with Gasteiger partial charge in [-0.3, -0.25) is 0 Å². The molecule has 0 aromatic rings. The molecule has 11 heavy (non-hydrogen) atoms. The summed E-state index contributed by atoms with van der Waals surface area (Å²) in [6, 6.07) is 0.245. The highest BCUT2D eigenvalue weighted by Crippen LogP contribution is 2.28. The van der Waals surface area contributed by atoms with Crippen LogP contribution in [0.5, 0.6) is 0 Å². The standard InChI is InChI=1S/C10H17N/c1-3-9(2)11-8-7-10-5-4-6-10/h1,9-11H,4-8H2,2H3. The maximum absolute atomic E-state index is 5.22. The largest absolute Gasteiger partial charge is 0.304 e. The fraction of sp³-hybridized carbons (Fsp3) is 0.800. The first kappa shape index (κ1) is 8.62. The van der Waals surface area contributed by atoms with Crippen LogP contribution >= 0.6 is 0 Å². The average Bonchev–Trinajstić information content (AvgIpc) is 1.94. The molecule has 1 N–H and O–H groups in total. The van der Waals surface area contributed by atoms with Crippen LogP contribution in [0.25, 0.3) is 0 Å². The molecule has 0 aliphatic heterocycles. The predicted molar refractivity (Wildman–Crippen MR) is 48.3 cm³/mol. The molecule has 1 aliphatic carbocycles. The fourth-order valence-corrected chi connectivity index (χ4v) is 1.34. The first-order valence-corrected chi connectivity index (χ1v) is 4.52. The topological polar surface area (TPSA) is 12.0 Å². The molecule has 1 atom stereocenters. The van der Waals surface area contributed by atoms with Crippen LogP contribution < -0.4 is 5.32 Å². The van der Waals surface area contributed by atoms with Crippen molar-refractivity contribution in [2.45, 2.75) is 38.6 Å². The molecule has 1 fully saturated rings. The van der Waals surface area contributed by atoms with E-state index in [4.69, 9.17) is 6.42 Å². The molecule has 0 saturated heterocycles. The van der Waals surface area contributed by atoms with Gasteiger partial charge in [-0.2, -0.15) is 0 Å². The van der Waals surface area contributed by atoms with Crippen LogP contribution in [0.3, 0.4) is 0 Å². The van der Waals surface area contributed by atoms with Crippen molar-refractivity contribution in [1.82, 2.24) is 5.32 Å². The van der Waals surface area contributed by atoms with Crippen molar-refractivity contribution >= 4 is 0 Å². The third-order valence-corrected chi connectivity index (χ3v) is 2.48. The second kappa shape index (κ2) is 4.41. The fourth-order valence-electron chi connectivity index (χ4n) is 1.34. The van der Waals surface area contributed by atoms with Gasteiger partial charge in [0.25, 0.3) is 0 Å². The van der Waals surface area contributed by atoms with E-state index in [2.05, 4.69) is 11.2 Å². The number of terminal acetylenes is 1. The Morgan fingerprint density at radius 3 is 2.82 bits per heavy atom. The molecular weight excluding hydrogens is 134 g/mol. The van der Waals surface area contributed by atoms with Gasteiger partial charge in [0.15, 0.2) is 0 Å². The van der Waals surface area contributed by atoms with Crippen LogP contribution in [0.4, 0.5) is 0 Å². The zero-order chi connectivity index (χ0) is 8.10. The van der Waals surface area contributed by atoms with Crippen molar-refractivity contribution in [3.05, 3.63) is 0 Å². The van der Waals surface area contributed by atoms with Crippen molar-refractivity contribution in [3.8, 4) is 12.3 Å². The molecule has 0 radical (unpaired) electrons. The molecule has 0 aromatic heterocycles. The summed E-state index contributed by atoms with van der Waals surface area (Å²) in [5.41, 5.74) is 0. The van der Waals surface area contributed by atoms with Gasteiger partial charge in [0, 0.05) is 0 Å². The second-order valence-corrected chi connectivity index (χ2v) is 3.43. The van der Waals surface area contributed by atoms with Gasteiger partial charge in [-0.1, -0.05) is 25.2 Å². The van der Waals surface area contributed by atoms with Crippen molar-refractivity contribution in [1.29, 1.82) is 0 Å². The molecule has 1 aliphatic rings. The van der Waals surface area contributed by atoms with Gasteiger partial charge in [-0.05, 0) is 25.8 Å². The van der Waals surface area contributed by atoms with Crippen LogP contribution in [-0.2, 0) is 0 Å². The van der Waals surface area contributed by atoms with Gasteiger partial charge >= 0.3 is 0 Å². The minimum atomic E-state index is 0.245. The van der Waals surface area contributed by atoms with Gasteiger partial charge < -0.3 is 5.32 Å². The molecule has 1 rings (SSSR count). The van der Waals surface area contributed by atoms with Crippen molar-refractivity contribution in [2.75, 3.05) is 6.54 Å². The van der Waals surface area contributed by atoms with Crippen LogP contribution in [0.2, 0.25) is 0 Å². The van der Waals surface area contributed by atoms with Gasteiger partial charge in [0.1, 0.15) is 0 Å². The summed E-state index contributed by atoms with van der Waals surface area (Å²) in [6.45, 7) is 3.12. The smallest absolute Gasteiger partial charge is 0.0658 e. The Morgan fingerprint density at radius 2 is 2.36 bits per heavy atom. The van der Waals surface area contributed by atoms with Crippen molar-refractivity contribution < 1.29 is 0 Å². The molecule has 1 nitrogen and oxygen atoms in total. The molecular formula is C10H17N. The Hall–Kier alpha value is -0.480. The van der Waals surface area contributed by atoms with E-state index in [9.17, 15) is 0 Å². The molecule has 0 bridgehead atoms. The van der Waals surface area contributed by atoms with Gasteiger partial charge in [0.2, 0.25) is 0 Å². The lowest BCUT2D eigenvalue weighted by atomic mass is 9.83. The number of hydrogen-bond donors (Lipinski definition) is 1. The molecule has 1 saturated carbocycles. The van der Waals surface area contributed by atoms with Gasteiger partial charge in [-0.15, -0.1) is 6.42 Å². The molecule has 62 valence electrons. The van der Waals surface area contributed by atoms with Crippen molar-refractivity contribution in [2.24, 2.45) is 5.92 Å². The van der Waals surface area contributed by atoms with Crippen LogP contribution in [0.1, 0.15) is 32.6 Å². The predicted octanol–water partition coefficient (Wildman–Crippen LogP) is 1.79. The maximum atomic E-state index is 5.22. The molecule has 1 unspecified atom stereocenters. The van der Waals surface area contributed by atoms with Crippen LogP contribution in [0.15, 0.2) is 0 Å². The van der Waals surface area contributed by atoms with E-state index in [1.807, 2.05) is 6.92 Å². The molecule has 0 amide bonds. The van der Waals surface area contributed by atoms with Crippen molar-refractivity contribution in [3.63, 3.8) is 0 Å². The van der Waals surface area contributed by atoms with E-state index < -0.39 is 0 Å². The van der Waals surface area contributed by atoms with E-state index >= 15 is 0 Å². The SMILES string of the molecule is C#CC(C)NCCC1CCC1. The monoisotopic (exact) mass is 151 g/mol. The normalized spacial score (nSPS) is 20.4. The Morgan fingerprint density at radius 1 is 1.64 bits per heavy atom. The highest BCUT2D eigenvalue weighted by atomic mass is 14.9. The molecule has 1 heteroatoms. The lowest BCUT2D eigenvalue weighted by molar-refractivity contribution is 0.291. The van der Waals surface area contributed by atoms with Gasteiger partial charge in [0.05, 0.1) is 6.04 Å². The Bertz CT molecular complexity index is 141. The van der Waals surface area contributed by atoms with E-state index in [0.717, 1.165) is 12.5 Å². The van der Waals surface area contributed by atoms with Crippen LogP contribution in [-0.4, -0.2) is 12.6 Å². The van der Waals surface area contributed by atoms with E-state index in [-0.39, 0.29) is 6.04 Å². The maximum Gasteiger partial charge on any atom is 0.0658 e. The van der Waals surface area contributed by atoms with Gasteiger partial charge in [-0.25, -0.2) is 0 Å². The highest BCUT2D eigenvalue weighted by Gasteiger charge is 2.16. The first-order chi connectivity index (χ1) is 5.33. The Kier molecular flexibility index (Phi) is 3.45. The third-order valence-electron chi connectivity index (χ3n) is 2.48. The second-order valence-electron chi connectivity index (χ2n) is 3.43. The van der Waals surface area contributed by atoms with Crippen LogP contribution in [0, 0.1) is 18.3 Å². The number of rotatable bonds is 4. The summed E-state index contributed by atoms with van der Waals surface area (Å²) < 4.78 is 0. The Labute approximate surface area is 69.6 Å². The first-order valence-electron chi connectivity index (χ1n) is 4.52. The lowest BCUT2D eigenvalue weighted by Crippen LogP contribution is -2.28. The minimum absolute atomic E-state index is 0.245. The number of nitrogens with one attached hydrogen (secondary N) is 1. The summed E-state index contributed by atoms with van der Waals surface area (Å²) in [5.74, 6) is 3.66. The summed E-state index contributed by atoms with van der Waals surface area (Å²) in [7, 11) is 0. The minimum Gasteiger partial charge on any atom is -0.304 e. The van der Waals surface area contributed by atoms with E-state index in [1.54, 1.807) is 0 Å². The van der Waals surface area contributed by atoms with E-state index in [1.165, 1.54) is 25.7 Å². The average molecular weight is 151 g/mol. The highest BCUT2D eigenvalue weighted by molar-refractivity contribution is 4.95. The summed E-state index contributed by atoms with van der Waals surface area (Å²) >= 11 is 0. The molecule has 0 heterocycles. The Balaban J connectivity index is 1.91. The number of hydrogen-bond acceptors (Lipinski definition) is 1. The quantitative estimate of drug-likeness (QED) is 0.604. The summed E-state index contributed by atoms with van der Waals surface area (Å²) in [5, 5.41) is 3.30. The lowest BCUT2D eigenvalue weighted by Gasteiger charge is -2.25. The summed E-state index contributed by atoms with van der Waals surface area (Å²) in [4.78, 5) is 0. The molecule has 0 aromatic carbocycles. The van der Waals surface area contributed by atoms with E-state index in [0.29, 0.717) is 0 Å².